The maximum atomic E-state index is 14.3. The van der Waals surface area contributed by atoms with Gasteiger partial charge in [0.25, 0.3) is 0 Å². The van der Waals surface area contributed by atoms with E-state index in [1.165, 1.54) is 19.4 Å². The Kier molecular flexibility index (Phi) is 5.51. The molecule has 3 aromatic heterocycles. The molecule has 1 saturated heterocycles. The second kappa shape index (κ2) is 8.39. The number of halogens is 2. The van der Waals surface area contributed by atoms with E-state index in [1.807, 2.05) is 12.3 Å². The predicted octanol–water partition coefficient (Wildman–Crippen LogP) is 3.72. The van der Waals surface area contributed by atoms with Crippen LogP contribution in [-0.2, 0) is 9.84 Å². The molecular formula is C23H23F2N5O3S. The zero-order valence-corrected chi connectivity index (χ0v) is 19.4. The Labute approximate surface area is 195 Å². The van der Waals surface area contributed by atoms with Gasteiger partial charge in [0.1, 0.15) is 21.3 Å². The van der Waals surface area contributed by atoms with Crippen molar-refractivity contribution in [1.82, 2.24) is 19.7 Å². The lowest BCUT2D eigenvalue weighted by Gasteiger charge is -2.31. The molecule has 4 aromatic rings. The standard InChI is InChI=1S/C23H23F2N5O3S/c1-33-22-18(7-14(24)8-21(22)25)20-12-27-23-19(20)9-15(10-26-23)30-13-16(11-28-30)29-5-3-17(4-6-29)34(2,31)32/h7-13,17H,3-6H2,1-2H3,(H,26,27). The number of aromatic amines is 1. The molecule has 1 aromatic carbocycles. The van der Waals surface area contributed by atoms with Crippen LogP contribution in [0, 0.1) is 11.6 Å². The van der Waals surface area contributed by atoms with Crippen LogP contribution in [0.2, 0.25) is 0 Å². The van der Waals surface area contributed by atoms with Crippen molar-refractivity contribution in [1.29, 1.82) is 0 Å². The van der Waals surface area contributed by atoms with Crippen molar-refractivity contribution in [2.45, 2.75) is 18.1 Å². The summed E-state index contributed by atoms with van der Waals surface area (Å²) in [6.45, 7) is 1.27. The van der Waals surface area contributed by atoms with Crippen LogP contribution >= 0.6 is 0 Å². The summed E-state index contributed by atoms with van der Waals surface area (Å²) in [4.78, 5) is 9.58. The molecule has 178 valence electrons. The predicted molar refractivity (Wildman–Crippen MR) is 125 cm³/mol. The molecule has 0 amide bonds. The molecular weight excluding hydrogens is 464 g/mol. The zero-order valence-electron chi connectivity index (χ0n) is 18.6. The normalized spacial score (nSPS) is 15.2. The van der Waals surface area contributed by atoms with E-state index >= 15 is 0 Å². The Morgan fingerprint density at radius 1 is 1.09 bits per heavy atom. The van der Waals surface area contributed by atoms with Gasteiger partial charge in [-0.3, -0.25) is 0 Å². The fourth-order valence-corrected chi connectivity index (χ4v) is 5.54. The van der Waals surface area contributed by atoms with E-state index in [1.54, 1.807) is 23.3 Å². The minimum absolute atomic E-state index is 0.0495. The number of benzene rings is 1. The Morgan fingerprint density at radius 3 is 2.56 bits per heavy atom. The van der Waals surface area contributed by atoms with Gasteiger partial charge in [0, 0.05) is 48.1 Å². The van der Waals surface area contributed by atoms with E-state index in [0.29, 0.717) is 48.2 Å². The highest BCUT2D eigenvalue weighted by Crippen LogP contribution is 2.37. The fraction of sp³-hybridized carbons (Fsp3) is 0.304. The summed E-state index contributed by atoms with van der Waals surface area (Å²) >= 11 is 0. The number of methoxy groups -OCH3 is 1. The molecule has 1 aliphatic rings. The van der Waals surface area contributed by atoms with Crippen LogP contribution in [0.3, 0.4) is 0 Å². The van der Waals surface area contributed by atoms with Crippen molar-refractivity contribution in [3.8, 4) is 22.6 Å². The van der Waals surface area contributed by atoms with Crippen molar-refractivity contribution < 1.29 is 21.9 Å². The van der Waals surface area contributed by atoms with E-state index in [9.17, 15) is 17.2 Å². The summed E-state index contributed by atoms with van der Waals surface area (Å²) in [7, 11) is -1.70. The molecule has 0 saturated carbocycles. The first-order chi connectivity index (χ1) is 16.2. The van der Waals surface area contributed by atoms with Gasteiger partial charge in [-0.25, -0.2) is 26.9 Å². The van der Waals surface area contributed by atoms with Crippen LogP contribution in [0.15, 0.2) is 43.0 Å². The minimum Gasteiger partial charge on any atom is -0.493 e. The van der Waals surface area contributed by atoms with Crippen molar-refractivity contribution in [3.05, 3.63) is 54.6 Å². The van der Waals surface area contributed by atoms with Gasteiger partial charge < -0.3 is 14.6 Å². The SMILES string of the molecule is COc1c(F)cc(F)cc1-c1c[nH]c2ncc(-n3cc(N4CCC(S(C)(=O)=O)CC4)cn3)cc12. The molecule has 0 spiro atoms. The molecule has 34 heavy (non-hydrogen) atoms. The molecule has 4 heterocycles. The number of sulfone groups is 1. The molecule has 0 radical (unpaired) electrons. The molecule has 1 aliphatic heterocycles. The molecule has 0 aliphatic carbocycles. The molecule has 5 rings (SSSR count). The zero-order chi connectivity index (χ0) is 24.0. The van der Waals surface area contributed by atoms with Crippen LogP contribution in [-0.4, -0.2) is 59.9 Å². The first-order valence-electron chi connectivity index (χ1n) is 10.7. The number of fused-ring (bicyclic) bond motifs is 1. The van der Waals surface area contributed by atoms with Crippen molar-refractivity contribution in [2.24, 2.45) is 0 Å². The van der Waals surface area contributed by atoms with Gasteiger partial charge >= 0.3 is 0 Å². The molecule has 0 atom stereocenters. The Balaban J connectivity index is 1.47. The van der Waals surface area contributed by atoms with Crippen LogP contribution in [0.4, 0.5) is 14.5 Å². The van der Waals surface area contributed by atoms with Gasteiger partial charge in [-0.05, 0) is 25.0 Å². The smallest absolute Gasteiger partial charge is 0.168 e. The second-order valence-electron chi connectivity index (χ2n) is 8.42. The molecule has 0 unspecified atom stereocenters. The van der Waals surface area contributed by atoms with Crippen LogP contribution < -0.4 is 9.64 Å². The lowest BCUT2D eigenvalue weighted by molar-refractivity contribution is 0.386. The van der Waals surface area contributed by atoms with Gasteiger partial charge in [0.05, 0.1) is 42.3 Å². The maximum Gasteiger partial charge on any atom is 0.168 e. The van der Waals surface area contributed by atoms with Crippen molar-refractivity contribution >= 4 is 26.6 Å². The van der Waals surface area contributed by atoms with E-state index in [4.69, 9.17) is 4.74 Å². The maximum absolute atomic E-state index is 14.3. The number of nitrogens with zero attached hydrogens (tertiary/aromatic N) is 4. The second-order valence-corrected chi connectivity index (χ2v) is 10.7. The first kappa shape index (κ1) is 22.3. The van der Waals surface area contributed by atoms with Gasteiger partial charge in [0.2, 0.25) is 0 Å². The monoisotopic (exact) mass is 487 g/mol. The Morgan fingerprint density at radius 2 is 1.85 bits per heavy atom. The molecule has 11 heteroatoms. The first-order valence-corrected chi connectivity index (χ1v) is 12.7. The van der Waals surface area contributed by atoms with Crippen molar-refractivity contribution in [3.63, 3.8) is 0 Å². The number of rotatable bonds is 5. The van der Waals surface area contributed by atoms with Gasteiger partial charge in [0.15, 0.2) is 11.6 Å². The van der Waals surface area contributed by atoms with Gasteiger partial charge in [-0.2, -0.15) is 5.10 Å². The van der Waals surface area contributed by atoms with E-state index in [2.05, 4.69) is 20.0 Å². The summed E-state index contributed by atoms with van der Waals surface area (Å²) in [5.74, 6) is -1.54. The Bertz CT molecular complexity index is 1470. The van der Waals surface area contributed by atoms with E-state index in [-0.39, 0.29) is 16.6 Å². The number of pyridine rings is 1. The van der Waals surface area contributed by atoms with Crippen molar-refractivity contribution in [2.75, 3.05) is 31.4 Å². The molecule has 8 nitrogen and oxygen atoms in total. The van der Waals surface area contributed by atoms with Gasteiger partial charge in [-0.15, -0.1) is 0 Å². The van der Waals surface area contributed by atoms with E-state index in [0.717, 1.165) is 11.8 Å². The number of piperidine rings is 1. The van der Waals surface area contributed by atoms with Crippen LogP contribution in [0.1, 0.15) is 12.8 Å². The molecule has 1 N–H and O–H groups in total. The third kappa shape index (κ3) is 4.00. The molecule has 1 fully saturated rings. The van der Waals surface area contributed by atoms with Crippen LogP contribution in [0.5, 0.6) is 5.75 Å². The average molecular weight is 488 g/mol. The third-order valence-electron chi connectivity index (χ3n) is 6.27. The van der Waals surface area contributed by atoms with Crippen LogP contribution in [0.25, 0.3) is 27.8 Å². The highest BCUT2D eigenvalue weighted by molar-refractivity contribution is 7.91. The lowest BCUT2D eigenvalue weighted by atomic mass is 10.0. The summed E-state index contributed by atoms with van der Waals surface area (Å²) in [6, 6.07) is 3.84. The largest absolute Gasteiger partial charge is 0.493 e. The average Bonchev–Trinajstić information content (AvgIpc) is 3.45. The summed E-state index contributed by atoms with van der Waals surface area (Å²) in [5.41, 5.74) is 2.94. The summed E-state index contributed by atoms with van der Waals surface area (Å²) in [5, 5.41) is 4.80. The number of nitrogens with one attached hydrogen (secondary N) is 1. The van der Waals surface area contributed by atoms with E-state index < -0.39 is 21.5 Å². The summed E-state index contributed by atoms with van der Waals surface area (Å²) < 4.78 is 58.7. The Hall–Kier alpha value is -3.47. The number of aromatic nitrogens is 4. The number of anilines is 1. The van der Waals surface area contributed by atoms with Gasteiger partial charge in [-0.1, -0.05) is 0 Å². The topological polar surface area (TPSA) is 93.1 Å². The third-order valence-corrected chi connectivity index (χ3v) is 7.95. The number of hydrogen-bond donors (Lipinski definition) is 1. The minimum atomic E-state index is -3.04. The number of hydrogen-bond acceptors (Lipinski definition) is 6. The summed E-state index contributed by atoms with van der Waals surface area (Å²) in [6.07, 6.45) is 9.33. The number of ether oxygens (including phenoxy) is 1. The molecule has 0 bridgehead atoms. The highest BCUT2D eigenvalue weighted by atomic mass is 32.2. The number of H-pyrrole nitrogens is 1. The fourth-order valence-electron chi connectivity index (χ4n) is 4.47. The lowest BCUT2D eigenvalue weighted by Crippen LogP contribution is -2.38. The quantitative estimate of drug-likeness (QED) is 0.461. The highest BCUT2D eigenvalue weighted by Gasteiger charge is 2.27.